The summed E-state index contributed by atoms with van der Waals surface area (Å²) in [4.78, 5) is 15.0. The van der Waals surface area contributed by atoms with Gasteiger partial charge in [0.05, 0.1) is 18.2 Å². The topological polar surface area (TPSA) is 62.3 Å². The monoisotopic (exact) mass is 301 g/mol. The van der Waals surface area contributed by atoms with Gasteiger partial charge in [0, 0.05) is 10.4 Å². The van der Waals surface area contributed by atoms with Gasteiger partial charge in [-0.3, -0.25) is 4.79 Å². The number of ether oxygens (including phenoxy) is 1. The summed E-state index contributed by atoms with van der Waals surface area (Å²) in [5.41, 5.74) is 0.980. The molecule has 1 heterocycles. The number of pyridine rings is 1. The first-order valence-electron chi connectivity index (χ1n) is 6.29. The van der Waals surface area contributed by atoms with Crippen molar-refractivity contribution in [2.45, 2.75) is 0 Å². The largest absolute Gasteiger partial charge is 0.506 e. The van der Waals surface area contributed by atoms with Gasteiger partial charge in [0.15, 0.2) is 0 Å². The highest BCUT2D eigenvalue weighted by molar-refractivity contribution is 6.31. The Hall–Kier alpha value is -2.46. The maximum atomic E-state index is 12.2. The van der Waals surface area contributed by atoms with Crippen LogP contribution in [-0.2, 0) is 0 Å². The van der Waals surface area contributed by atoms with Gasteiger partial charge in [0.2, 0.25) is 0 Å². The van der Waals surface area contributed by atoms with Gasteiger partial charge in [0.1, 0.15) is 11.5 Å². The van der Waals surface area contributed by atoms with Crippen molar-refractivity contribution in [2.24, 2.45) is 0 Å². The van der Waals surface area contributed by atoms with E-state index in [0.717, 1.165) is 0 Å². The number of aromatic nitrogens is 1. The van der Waals surface area contributed by atoms with Crippen molar-refractivity contribution in [3.8, 4) is 22.6 Å². The summed E-state index contributed by atoms with van der Waals surface area (Å²) in [5.74, 6) is 0.623. The van der Waals surface area contributed by atoms with Crippen LogP contribution in [0.25, 0.3) is 22.0 Å². The van der Waals surface area contributed by atoms with Crippen LogP contribution in [0.4, 0.5) is 0 Å². The van der Waals surface area contributed by atoms with Crippen molar-refractivity contribution in [1.82, 2.24) is 4.98 Å². The molecule has 21 heavy (non-hydrogen) atoms. The van der Waals surface area contributed by atoms with Crippen LogP contribution in [0.3, 0.4) is 0 Å². The van der Waals surface area contributed by atoms with Crippen LogP contribution >= 0.6 is 11.6 Å². The van der Waals surface area contributed by atoms with Gasteiger partial charge >= 0.3 is 0 Å². The molecule has 0 saturated carbocycles. The van der Waals surface area contributed by atoms with Gasteiger partial charge in [-0.1, -0.05) is 23.7 Å². The number of halogens is 1. The summed E-state index contributed by atoms with van der Waals surface area (Å²) < 4.78 is 5.09. The molecule has 0 aliphatic carbocycles. The highest BCUT2D eigenvalue weighted by Crippen LogP contribution is 2.33. The highest BCUT2D eigenvalue weighted by Gasteiger charge is 2.14. The van der Waals surface area contributed by atoms with E-state index in [1.54, 1.807) is 49.6 Å². The van der Waals surface area contributed by atoms with Gasteiger partial charge in [-0.2, -0.15) is 0 Å². The van der Waals surface area contributed by atoms with E-state index in [2.05, 4.69) is 4.98 Å². The standard InChI is InChI=1S/C16H12ClNO3/c1-21-11-5-2-9(3-6-11)14-15(19)12-7-4-10(17)8-13(12)18-16(14)20/h2-8H,1H3,(H2,18,19,20). The van der Waals surface area contributed by atoms with Crippen LogP contribution in [0, 0.1) is 0 Å². The quantitative estimate of drug-likeness (QED) is 0.760. The number of fused-ring (bicyclic) bond motifs is 1. The molecule has 5 heteroatoms. The van der Waals surface area contributed by atoms with Crippen molar-refractivity contribution in [3.63, 3.8) is 0 Å². The fraction of sp³-hybridized carbons (Fsp3) is 0.0625. The fourth-order valence-electron chi connectivity index (χ4n) is 2.28. The lowest BCUT2D eigenvalue weighted by Crippen LogP contribution is -2.09. The molecule has 0 unspecified atom stereocenters. The van der Waals surface area contributed by atoms with Gasteiger partial charge in [0.25, 0.3) is 5.56 Å². The molecule has 1 aromatic heterocycles. The lowest BCUT2D eigenvalue weighted by Gasteiger charge is -2.08. The first-order valence-corrected chi connectivity index (χ1v) is 6.67. The molecule has 4 nitrogen and oxygen atoms in total. The Bertz CT molecular complexity index is 869. The summed E-state index contributed by atoms with van der Waals surface area (Å²) in [7, 11) is 1.57. The zero-order valence-corrected chi connectivity index (χ0v) is 11.9. The number of aromatic hydroxyl groups is 1. The number of methoxy groups -OCH3 is 1. The third-order valence-corrected chi connectivity index (χ3v) is 3.56. The lowest BCUT2D eigenvalue weighted by atomic mass is 10.0. The number of hydrogen-bond donors (Lipinski definition) is 2. The number of H-pyrrole nitrogens is 1. The molecule has 0 radical (unpaired) electrons. The molecule has 3 rings (SSSR count). The van der Waals surface area contributed by atoms with Gasteiger partial charge in [-0.15, -0.1) is 0 Å². The number of rotatable bonds is 2. The first-order chi connectivity index (χ1) is 10.1. The van der Waals surface area contributed by atoms with Gasteiger partial charge < -0.3 is 14.8 Å². The Morgan fingerprint density at radius 2 is 1.86 bits per heavy atom. The Balaban J connectivity index is 2.26. The Morgan fingerprint density at radius 1 is 1.14 bits per heavy atom. The van der Waals surface area contributed by atoms with Crippen molar-refractivity contribution in [3.05, 3.63) is 57.8 Å². The van der Waals surface area contributed by atoms with Crippen LogP contribution in [0.2, 0.25) is 5.02 Å². The predicted octanol–water partition coefficient (Wildman–Crippen LogP) is 3.56. The van der Waals surface area contributed by atoms with E-state index in [0.29, 0.717) is 27.2 Å². The number of benzene rings is 2. The Kier molecular flexibility index (Phi) is 3.31. The number of hydrogen-bond acceptors (Lipinski definition) is 3. The molecule has 0 saturated heterocycles. The SMILES string of the molecule is COc1ccc(-c2c(O)c3ccc(Cl)cc3[nH]c2=O)cc1. The summed E-state index contributed by atoms with van der Waals surface area (Å²) >= 11 is 5.90. The molecule has 0 bridgehead atoms. The minimum atomic E-state index is -0.368. The summed E-state index contributed by atoms with van der Waals surface area (Å²) in [5, 5.41) is 11.4. The van der Waals surface area contributed by atoms with Crippen molar-refractivity contribution < 1.29 is 9.84 Å². The second kappa shape index (κ2) is 5.14. The van der Waals surface area contributed by atoms with Crippen LogP contribution in [0.5, 0.6) is 11.5 Å². The molecular formula is C16H12ClNO3. The van der Waals surface area contributed by atoms with E-state index < -0.39 is 0 Å². The maximum Gasteiger partial charge on any atom is 0.260 e. The third-order valence-electron chi connectivity index (χ3n) is 3.33. The van der Waals surface area contributed by atoms with Gasteiger partial charge in [-0.05, 0) is 35.9 Å². The fourth-order valence-corrected chi connectivity index (χ4v) is 2.45. The van der Waals surface area contributed by atoms with E-state index in [1.165, 1.54) is 0 Å². The summed E-state index contributed by atoms with van der Waals surface area (Å²) in [6, 6.07) is 11.9. The second-order valence-electron chi connectivity index (χ2n) is 4.60. The molecule has 106 valence electrons. The Morgan fingerprint density at radius 3 is 2.52 bits per heavy atom. The van der Waals surface area contributed by atoms with E-state index in [1.807, 2.05) is 0 Å². The highest BCUT2D eigenvalue weighted by atomic mass is 35.5. The maximum absolute atomic E-state index is 12.2. The molecule has 2 N–H and O–H groups in total. The number of aromatic amines is 1. The van der Waals surface area contributed by atoms with Crippen LogP contribution < -0.4 is 10.3 Å². The zero-order chi connectivity index (χ0) is 15.0. The van der Waals surface area contributed by atoms with Crippen molar-refractivity contribution in [2.75, 3.05) is 7.11 Å². The second-order valence-corrected chi connectivity index (χ2v) is 5.03. The number of nitrogens with one attached hydrogen (secondary N) is 1. The molecule has 3 aromatic rings. The molecule has 0 spiro atoms. The smallest absolute Gasteiger partial charge is 0.260 e. The van der Waals surface area contributed by atoms with Crippen molar-refractivity contribution >= 4 is 22.5 Å². The zero-order valence-electron chi connectivity index (χ0n) is 11.2. The average molecular weight is 302 g/mol. The summed E-state index contributed by atoms with van der Waals surface area (Å²) in [6.45, 7) is 0. The van der Waals surface area contributed by atoms with E-state index in [9.17, 15) is 9.90 Å². The van der Waals surface area contributed by atoms with Crippen LogP contribution in [0.15, 0.2) is 47.3 Å². The van der Waals surface area contributed by atoms with E-state index in [-0.39, 0.29) is 16.9 Å². The molecule has 0 fully saturated rings. The molecule has 0 aliphatic rings. The lowest BCUT2D eigenvalue weighted by molar-refractivity contribution is 0.415. The molecular weight excluding hydrogens is 290 g/mol. The first kappa shape index (κ1) is 13.5. The summed E-state index contributed by atoms with van der Waals surface area (Å²) in [6.07, 6.45) is 0. The third kappa shape index (κ3) is 2.34. The van der Waals surface area contributed by atoms with E-state index >= 15 is 0 Å². The molecule has 0 amide bonds. The predicted molar refractivity (Wildman–Crippen MR) is 83.2 cm³/mol. The Labute approximate surface area is 125 Å². The van der Waals surface area contributed by atoms with Gasteiger partial charge in [-0.25, -0.2) is 0 Å². The van der Waals surface area contributed by atoms with E-state index in [4.69, 9.17) is 16.3 Å². The normalized spacial score (nSPS) is 10.8. The minimum Gasteiger partial charge on any atom is -0.506 e. The molecule has 2 aromatic carbocycles. The molecule has 0 aliphatic heterocycles. The minimum absolute atomic E-state index is 0.0596. The van der Waals surface area contributed by atoms with Crippen LogP contribution in [0.1, 0.15) is 0 Å². The average Bonchev–Trinajstić information content (AvgIpc) is 2.47. The van der Waals surface area contributed by atoms with Crippen LogP contribution in [-0.4, -0.2) is 17.2 Å². The van der Waals surface area contributed by atoms with Crippen molar-refractivity contribution in [1.29, 1.82) is 0 Å². The molecule has 0 atom stereocenters.